The van der Waals surface area contributed by atoms with Gasteiger partial charge in [-0.25, -0.2) is 9.59 Å². The van der Waals surface area contributed by atoms with E-state index in [2.05, 4.69) is 6.58 Å². The molecular formula is C27H34O8. The minimum Gasteiger partial charge on any atom is -0.478 e. The van der Waals surface area contributed by atoms with Gasteiger partial charge < -0.3 is 19.3 Å². The third-order valence-electron chi connectivity index (χ3n) is 6.11. The van der Waals surface area contributed by atoms with Crippen LogP contribution in [0.1, 0.15) is 87.2 Å². The fourth-order valence-electron chi connectivity index (χ4n) is 4.50. The predicted molar refractivity (Wildman–Crippen MR) is 130 cm³/mol. The van der Waals surface area contributed by atoms with Gasteiger partial charge in [0.1, 0.15) is 11.3 Å². The van der Waals surface area contributed by atoms with Crippen molar-refractivity contribution in [1.29, 1.82) is 0 Å². The molecule has 0 fully saturated rings. The molecule has 2 unspecified atom stereocenters. The molecule has 1 N–H and O–H groups in total. The fourth-order valence-corrected chi connectivity index (χ4v) is 4.50. The summed E-state index contributed by atoms with van der Waals surface area (Å²) in [6.07, 6.45) is 6.05. The molecular weight excluding hydrogens is 452 g/mol. The number of hydrogen-bond donors (Lipinski definition) is 1. The largest absolute Gasteiger partial charge is 0.478 e. The minimum absolute atomic E-state index is 0.0204. The summed E-state index contributed by atoms with van der Waals surface area (Å²) < 4.78 is 16.2. The molecule has 0 heterocycles. The first-order valence-electron chi connectivity index (χ1n) is 11.8. The molecule has 8 heteroatoms. The molecule has 0 aromatic heterocycles. The number of carboxylic acids is 1. The second kappa shape index (κ2) is 12.3. The Morgan fingerprint density at radius 2 is 1.77 bits per heavy atom. The van der Waals surface area contributed by atoms with Crippen molar-refractivity contribution in [2.75, 3.05) is 7.11 Å². The number of aryl methyl sites for hydroxylation is 1. The zero-order valence-corrected chi connectivity index (χ0v) is 21.1. The van der Waals surface area contributed by atoms with E-state index in [1.54, 1.807) is 6.07 Å². The second-order valence-corrected chi connectivity index (χ2v) is 8.80. The molecule has 8 nitrogen and oxygen atoms in total. The van der Waals surface area contributed by atoms with Gasteiger partial charge in [-0.05, 0) is 44.2 Å². The van der Waals surface area contributed by atoms with Crippen molar-refractivity contribution in [3.63, 3.8) is 0 Å². The van der Waals surface area contributed by atoms with E-state index in [1.165, 1.54) is 21.0 Å². The van der Waals surface area contributed by atoms with Crippen molar-refractivity contribution in [2.24, 2.45) is 5.92 Å². The maximum atomic E-state index is 13.0. The van der Waals surface area contributed by atoms with Gasteiger partial charge in [0.2, 0.25) is 0 Å². The lowest BCUT2D eigenvalue weighted by atomic mass is 9.72. The second-order valence-electron chi connectivity index (χ2n) is 8.80. The molecule has 1 aliphatic carbocycles. The molecule has 0 aliphatic heterocycles. The Bertz CT molecular complexity index is 1050. The highest BCUT2D eigenvalue weighted by molar-refractivity contribution is 5.97. The SMILES string of the molecule is C=C(C(=O)O)C1CCC(C)=CC1c1c(OC(C)=O)cc(CCCCC)c(C(=O)OC)c1OC(C)=O. The first kappa shape index (κ1) is 27.8. The number of ether oxygens (including phenoxy) is 3. The van der Waals surface area contributed by atoms with E-state index in [-0.39, 0.29) is 28.2 Å². The fraction of sp³-hybridized carbons (Fsp3) is 0.481. The maximum Gasteiger partial charge on any atom is 0.341 e. The van der Waals surface area contributed by atoms with Crippen LogP contribution < -0.4 is 9.47 Å². The van der Waals surface area contributed by atoms with E-state index in [1.807, 2.05) is 19.9 Å². The Morgan fingerprint density at radius 1 is 1.11 bits per heavy atom. The molecule has 190 valence electrons. The van der Waals surface area contributed by atoms with Crippen LogP contribution in [0.4, 0.5) is 0 Å². The molecule has 1 aliphatic rings. The van der Waals surface area contributed by atoms with E-state index < -0.39 is 35.7 Å². The van der Waals surface area contributed by atoms with Crippen LogP contribution in [0.5, 0.6) is 11.5 Å². The van der Waals surface area contributed by atoms with Gasteiger partial charge >= 0.3 is 23.9 Å². The van der Waals surface area contributed by atoms with Gasteiger partial charge in [0.05, 0.1) is 7.11 Å². The summed E-state index contributed by atoms with van der Waals surface area (Å²) in [6, 6.07) is 1.60. The van der Waals surface area contributed by atoms with E-state index in [9.17, 15) is 24.3 Å². The zero-order valence-electron chi connectivity index (χ0n) is 21.1. The van der Waals surface area contributed by atoms with E-state index in [0.717, 1.165) is 24.8 Å². The zero-order chi connectivity index (χ0) is 26.3. The number of carboxylic acid groups (broad SMARTS) is 1. The molecule has 2 rings (SSSR count). The van der Waals surface area contributed by atoms with E-state index in [0.29, 0.717) is 24.8 Å². The van der Waals surface area contributed by atoms with Gasteiger partial charge in [0.15, 0.2) is 5.75 Å². The number of esters is 3. The van der Waals surface area contributed by atoms with E-state index >= 15 is 0 Å². The van der Waals surface area contributed by atoms with Crippen LogP contribution in [0, 0.1) is 5.92 Å². The Balaban J connectivity index is 2.95. The number of methoxy groups -OCH3 is 1. The van der Waals surface area contributed by atoms with Gasteiger partial charge in [-0.2, -0.15) is 0 Å². The summed E-state index contributed by atoms with van der Waals surface area (Å²) in [4.78, 5) is 49.1. The number of aliphatic carboxylic acids is 1. The molecule has 1 aromatic rings. The average Bonchev–Trinajstić information content (AvgIpc) is 2.77. The Hall–Kier alpha value is -3.42. The van der Waals surface area contributed by atoms with Gasteiger partial charge in [0, 0.05) is 36.8 Å². The summed E-state index contributed by atoms with van der Waals surface area (Å²) in [5.74, 6) is -4.33. The van der Waals surface area contributed by atoms with Crippen molar-refractivity contribution < 1.29 is 38.5 Å². The number of allylic oxidation sites excluding steroid dienone is 2. The van der Waals surface area contributed by atoms with Crippen LogP contribution >= 0.6 is 0 Å². The highest BCUT2D eigenvalue weighted by Gasteiger charge is 2.37. The monoisotopic (exact) mass is 486 g/mol. The molecule has 0 saturated carbocycles. The van der Waals surface area contributed by atoms with Crippen molar-refractivity contribution in [3.05, 3.63) is 46.6 Å². The van der Waals surface area contributed by atoms with Crippen LogP contribution in [0.2, 0.25) is 0 Å². The topological polar surface area (TPSA) is 116 Å². The first-order chi connectivity index (χ1) is 16.5. The first-order valence-corrected chi connectivity index (χ1v) is 11.8. The van der Waals surface area contributed by atoms with Crippen molar-refractivity contribution in [1.82, 2.24) is 0 Å². The Kier molecular flexibility index (Phi) is 9.80. The van der Waals surface area contributed by atoms with Crippen LogP contribution in [0.15, 0.2) is 29.9 Å². The Labute approximate surface area is 205 Å². The van der Waals surface area contributed by atoms with Crippen molar-refractivity contribution >= 4 is 23.9 Å². The third kappa shape index (κ3) is 6.81. The number of carbonyl (C=O) groups excluding carboxylic acids is 3. The molecule has 35 heavy (non-hydrogen) atoms. The number of hydrogen-bond acceptors (Lipinski definition) is 7. The summed E-state index contributed by atoms with van der Waals surface area (Å²) in [6.45, 7) is 10.2. The van der Waals surface area contributed by atoms with Crippen LogP contribution in [-0.4, -0.2) is 36.1 Å². The average molecular weight is 487 g/mol. The lowest BCUT2D eigenvalue weighted by Gasteiger charge is -2.33. The number of unbranched alkanes of at least 4 members (excludes halogenated alkanes) is 2. The molecule has 0 bridgehead atoms. The normalized spacial score (nSPS) is 17.2. The summed E-state index contributed by atoms with van der Waals surface area (Å²) in [7, 11) is 1.23. The summed E-state index contributed by atoms with van der Waals surface area (Å²) in [5, 5.41) is 9.67. The van der Waals surface area contributed by atoms with E-state index in [4.69, 9.17) is 14.2 Å². The lowest BCUT2D eigenvalue weighted by Crippen LogP contribution is -2.25. The molecule has 0 amide bonds. The molecule has 0 spiro atoms. The maximum absolute atomic E-state index is 13.0. The van der Waals surface area contributed by atoms with Crippen LogP contribution in [0.3, 0.4) is 0 Å². The van der Waals surface area contributed by atoms with Crippen LogP contribution in [0.25, 0.3) is 0 Å². The number of rotatable bonds is 10. The van der Waals surface area contributed by atoms with Crippen LogP contribution in [-0.2, 0) is 25.5 Å². The number of carbonyl (C=O) groups is 4. The third-order valence-corrected chi connectivity index (χ3v) is 6.11. The van der Waals surface area contributed by atoms with Gasteiger partial charge in [-0.15, -0.1) is 0 Å². The van der Waals surface area contributed by atoms with Gasteiger partial charge in [0.25, 0.3) is 0 Å². The summed E-state index contributed by atoms with van der Waals surface area (Å²) in [5.41, 5.74) is 1.81. The number of benzene rings is 1. The lowest BCUT2D eigenvalue weighted by molar-refractivity contribution is -0.134. The predicted octanol–water partition coefficient (Wildman–Crippen LogP) is 5.14. The van der Waals surface area contributed by atoms with Crippen molar-refractivity contribution in [2.45, 2.75) is 72.1 Å². The smallest absolute Gasteiger partial charge is 0.341 e. The highest BCUT2D eigenvalue weighted by Crippen LogP contribution is 2.49. The summed E-state index contributed by atoms with van der Waals surface area (Å²) >= 11 is 0. The quantitative estimate of drug-likeness (QED) is 0.159. The standard InChI is InChI=1S/C27H34O8/c1-7-8-9-10-19-14-22(34-17(4)28)24(25(35-18(5)29)23(19)27(32)33-6)21-13-15(2)11-12-20(21)16(3)26(30)31/h13-14,20-21H,3,7-12H2,1-2,4-6H3,(H,30,31). The van der Waals surface area contributed by atoms with Gasteiger partial charge in [-0.3, -0.25) is 9.59 Å². The van der Waals surface area contributed by atoms with Gasteiger partial charge in [-0.1, -0.05) is 38.0 Å². The minimum atomic E-state index is -1.15. The Morgan fingerprint density at radius 3 is 2.31 bits per heavy atom. The molecule has 0 radical (unpaired) electrons. The molecule has 0 saturated heterocycles. The molecule has 1 aromatic carbocycles. The van der Waals surface area contributed by atoms with Crippen molar-refractivity contribution in [3.8, 4) is 11.5 Å². The highest BCUT2D eigenvalue weighted by atomic mass is 16.6. The molecule has 2 atom stereocenters.